The van der Waals surface area contributed by atoms with E-state index in [0.717, 1.165) is 15.8 Å². The van der Waals surface area contributed by atoms with E-state index >= 15 is 0 Å². The Hall–Kier alpha value is -0.740. The number of anilines is 2. The maximum atomic E-state index is 9.01. The maximum absolute atomic E-state index is 9.01. The van der Waals surface area contributed by atoms with E-state index < -0.39 is 0 Å². The summed E-state index contributed by atoms with van der Waals surface area (Å²) in [5.74, 6) is 0. The van der Waals surface area contributed by atoms with Crippen LogP contribution >= 0.6 is 15.9 Å². The smallest absolute Gasteiger partial charge is 0.0606 e. The first-order chi connectivity index (χ1) is 7.06. The summed E-state index contributed by atoms with van der Waals surface area (Å²) in [6.45, 7) is 4.96. The Labute approximate surface area is 99.0 Å². The SMILES string of the molecule is CC(C)N(CCO)c1ccc(N)cc1Br. The molecule has 0 aliphatic carbocycles. The minimum absolute atomic E-state index is 0.148. The Morgan fingerprint density at radius 2 is 2.13 bits per heavy atom. The summed E-state index contributed by atoms with van der Waals surface area (Å²) in [5, 5.41) is 9.01. The molecule has 0 bridgehead atoms. The van der Waals surface area contributed by atoms with Crippen LogP contribution in [0.25, 0.3) is 0 Å². The van der Waals surface area contributed by atoms with Gasteiger partial charge in [-0.25, -0.2) is 0 Å². The van der Waals surface area contributed by atoms with Crippen molar-refractivity contribution >= 4 is 27.3 Å². The van der Waals surface area contributed by atoms with Crippen LogP contribution in [0.5, 0.6) is 0 Å². The second-order valence-corrected chi connectivity index (χ2v) is 4.58. The number of aliphatic hydroxyl groups is 1. The Bertz CT molecular complexity index is 328. The van der Waals surface area contributed by atoms with Crippen molar-refractivity contribution in [2.75, 3.05) is 23.8 Å². The number of nitrogen functional groups attached to an aromatic ring is 1. The average molecular weight is 273 g/mol. The zero-order valence-electron chi connectivity index (χ0n) is 9.07. The molecule has 15 heavy (non-hydrogen) atoms. The van der Waals surface area contributed by atoms with Crippen LogP contribution in [0.2, 0.25) is 0 Å². The summed E-state index contributed by atoms with van der Waals surface area (Å²) < 4.78 is 0.963. The van der Waals surface area contributed by atoms with Crippen molar-refractivity contribution in [3.63, 3.8) is 0 Å². The number of hydrogen-bond acceptors (Lipinski definition) is 3. The Morgan fingerprint density at radius 1 is 1.47 bits per heavy atom. The second-order valence-electron chi connectivity index (χ2n) is 3.72. The van der Waals surface area contributed by atoms with Gasteiger partial charge in [-0.1, -0.05) is 0 Å². The van der Waals surface area contributed by atoms with Gasteiger partial charge in [-0.15, -0.1) is 0 Å². The molecule has 4 heteroatoms. The number of rotatable bonds is 4. The second kappa shape index (κ2) is 5.37. The molecule has 0 unspecified atom stereocenters. The van der Waals surface area contributed by atoms with E-state index in [9.17, 15) is 0 Å². The third-order valence-electron chi connectivity index (χ3n) is 2.25. The first kappa shape index (κ1) is 12.3. The van der Waals surface area contributed by atoms with E-state index in [1.165, 1.54) is 0 Å². The zero-order chi connectivity index (χ0) is 11.4. The highest BCUT2D eigenvalue weighted by Gasteiger charge is 2.12. The molecule has 1 rings (SSSR count). The fraction of sp³-hybridized carbons (Fsp3) is 0.455. The van der Waals surface area contributed by atoms with E-state index in [4.69, 9.17) is 10.8 Å². The van der Waals surface area contributed by atoms with Gasteiger partial charge in [0, 0.05) is 22.7 Å². The number of benzene rings is 1. The molecule has 0 fully saturated rings. The van der Waals surface area contributed by atoms with Crippen molar-refractivity contribution in [1.29, 1.82) is 0 Å². The molecular formula is C11H17BrN2O. The van der Waals surface area contributed by atoms with Crippen molar-refractivity contribution in [2.24, 2.45) is 0 Å². The molecular weight excluding hydrogens is 256 g/mol. The molecule has 3 nitrogen and oxygen atoms in total. The maximum Gasteiger partial charge on any atom is 0.0606 e. The summed E-state index contributed by atoms with van der Waals surface area (Å²) in [7, 11) is 0. The van der Waals surface area contributed by atoms with Gasteiger partial charge in [-0.2, -0.15) is 0 Å². The average Bonchev–Trinajstić information content (AvgIpc) is 2.15. The van der Waals surface area contributed by atoms with E-state index in [-0.39, 0.29) is 6.61 Å². The van der Waals surface area contributed by atoms with E-state index in [1.54, 1.807) is 0 Å². The lowest BCUT2D eigenvalue weighted by molar-refractivity contribution is 0.299. The largest absolute Gasteiger partial charge is 0.399 e. The lowest BCUT2D eigenvalue weighted by atomic mass is 10.2. The predicted octanol–water partition coefficient (Wildman–Crippen LogP) is 2.24. The van der Waals surface area contributed by atoms with Crippen molar-refractivity contribution < 1.29 is 5.11 Å². The third kappa shape index (κ3) is 3.11. The van der Waals surface area contributed by atoms with Crippen LogP contribution in [-0.4, -0.2) is 24.3 Å². The molecule has 0 saturated carbocycles. The molecule has 0 aromatic heterocycles. The standard InChI is InChI=1S/C11H17BrN2O/c1-8(2)14(5-6-15)11-4-3-9(13)7-10(11)12/h3-4,7-8,15H,5-6,13H2,1-2H3. The van der Waals surface area contributed by atoms with Gasteiger partial charge >= 0.3 is 0 Å². The fourth-order valence-corrected chi connectivity index (χ4v) is 2.14. The summed E-state index contributed by atoms with van der Waals surface area (Å²) in [4.78, 5) is 2.13. The highest BCUT2D eigenvalue weighted by molar-refractivity contribution is 9.10. The molecule has 3 N–H and O–H groups in total. The minimum Gasteiger partial charge on any atom is -0.399 e. The molecule has 0 aliphatic heterocycles. The zero-order valence-corrected chi connectivity index (χ0v) is 10.7. The number of halogens is 1. The minimum atomic E-state index is 0.148. The third-order valence-corrected chi connectivity index (χ3v) is 2.88. The Morgan fingerprint density at radius 3 is 2.60 bits per heavy atom. The fourth-order valence-electron chi connectivity index (χ4n) is 1.52. The summed E-state index contributed by atoms with van der Waals surface area (Å²) in [5.41, 5.74) is 7.48. The first-order valence-electron chi connectivity index (χ1n) is 4.98. The van der Waals surface area contributed by atoms with E-state index in [1.807, 2.05) is 18.2 Å². The quantitative estimate of drug-likeness (QED) is 0.827. The molecule has 0 radical (unpaired) electrons. The monoisotopic (exact) mass is 272 g/mol. The van der Waals surface area contributed by atoms with E-state index in [0.29, 0.717) is 12.6 Å². The molecule has 0 heterocycles. The van der Waals surface area contributed by atoms with Crippen molar-refractivity contribution in [2.45, 2.75) is 19.9 Å². The molecule has 0 spiro atoms. The van der Waals surface area contributed by atoms with E-state index in [2.05, 4.69) is 34.7 Å². The van der Waals surface area contributed by atoms with Crippen LogP contribution < -0.4 is 10.6 Å². The molecule has 1 aromatic carbocycles. The van der Waals surface area contributed by atoms with Gasteiger partial charge < -0.3 is 15.7 Å². The Balaban J connectivity index is 3.00. The van der Waals surface area contributed by atoms with Gasteiger partial charge in [-0.05, 0) is 48.0 Å². The van der Waals surface area contributed by atoms with Crippen molar-refractivity contribution in [1.82, 2.24) is 0 Å². The van der Waals surface area contributed by atoms with Crippen molar-refractivity contribution in [3.8, 4) is 0 Å². The van der Waals surface area contributed by atoms with Gasteiger partial charge in [0.25, 0.3) is 0 Å². The lowest BCUT2D eigenvalue weighted by Crippen LogP contribution is -2.33. The van der Waals surface area contributed by atoms with Crippen LogP contribution in [0.15, 0.2) is 22.7 Å². The Kier molecular flexibility index (Phi) is 4.42. The predicted molar refractivity (Wildman–Crippen MR) is 68.1 cm³/mol. The summed E-state index contributed by atoms with van der Waals surface area (Å²) in [6.07, 6.45) is 0. The normalized spacial score (nSPS) is 10.7. The molecule has 0 amide bonds. The molecule has 0 saturated heterocycles. The highest BCUT2D eigenvalue weighted by Crippen LogP contribution is 2.29. The highest BCUT2D eigenvalue weighted by atomic mass is 79.9. The number of aliphatic hydroxyl groups excluding tert-OH is 1. The van der Waals surface area contributed by atoms with Gasteiger partial charge in [0.2, 0.25) is 0 Å². The van der Waals surface area contributed by atoms with Crippen LogP contribution in [0.3, 0.4) is 0 Å². The summed E-state index contributed by atoms with van der Waals surface area (Å²) >= 11 is 3.48. The van der Waals surface area contributed by atoms with Crippen LogP contribution in [-0.2, 0) is 0 Å². The van der Waals surface area contributed by atoms with Gasteiger partial charge in [0.15, 0.2) is 0 Å². The number of nitrogens with zero attached hydrogens (tertiary/aromatic N) is 1. The molecule has 0 atom stereocenters. The number of hydrogen-bond donors (Lipinski definition) is 2. The topological polar surface area (TPSA) is 49.5 Å². The van der Waals surface area contributed by atoms with Gasteiger partial charge in [-0.3, -0.25) is 0 Å². The molecule has 0 aliphatic rings. The van der Waals surface area contributed by atoms with Crippen LogP contribution in [0, 0.1) is 0 Å². The molecule has 1 aromatic rings. The number of nitrogens with two attached hydrogens (primary N) is 1. The van der Waals surface area contributed by atoms with Gasteiger partial charge in [0.05, 0.1) is 12.3 Å². The van der Waals surface area contributed by atoms with Crippen LogP contribution in [0.4, 0.5) is 11.4 Å². The summed E-state index contributed by atoms with van der Waals surface area (Å²) in [6, 6.07) is 6.06. The lowest BCUT2D eigenvalue weighted by Gasteiger charge is -2.29. The van der Waals surface area contributed by atoms with Crippen LogP contribution in [0.1, 0.15) is 13.8 Å². The van der Waals surface area contributed by atoms with Crippen molar-refractivity contribution in [3.05, 3.63) is 22.7 Å². The van der Waals surface area contributed by atoms with Gasteiger partial charge in [0.1, 0.15) is 0 Å². The first-order valence-corrected chi connectivity index (χ1v) is 5.78. The molecule has 84 valence electrons.